The van der Waals surface area contributed by atoms with Crippen LogP contribution in [0, 0.1) is 0 Å². The van der Waals surface area contributed by atoms with Crippen LogP contribution in [-0.4, -0.2) is 43.2 Å². The van der Waals surface area contributed by atoms with Crippen molar-refractivity contribution < 1.29 is 4.74 Å². The maximum atomic E-state index is 5.56. The number of hydrogen-bond donors (Lipinski definition) is 1. The first-order valence-corrected chi connectivity index (χ1v) is 6.06. The maximum Gasteiger partial charge on any atom is 0.0618 e. The Labute approximate surface area is 104 Å². The fourth-order valence-electron chi connectivity index (χ4n) is 1.89. The Bertz CT molecular complexity index is 292. The molecule has 4 heteroatoms. The number of methoxy groups -OCH3 is 1. The molecule has 0 radical (unpaired) electrons. The fraction of sp³-hybridized carbons (Fsp3) is 0.615. The molecule has 17 heavy (non-hydrogen) atoms. The first-order chi connectivity index (χ1) is 8.27. The number of pyridine rings is 1. The molecule has 0 saturated heterocycles. The molecule has 0 aliphatic rings. The molecular formula is C13H23N3O. The minimum absolute atomic E-state index is 0.420. The lowest BCUT2D eigenvalue weighted by atomic mass is 10.1. The molecule has 1 aromatic rings. The minimum atomic E-state index is 0.420. The van der Waals surface area contributed by atoms with Gasteiger partial charge in [0, 0.05) is 32.1 Å². The summed E-state index contributed by atoms with van der Waals surface area (Å²) in [7, 11) is 3.86. The number of ether oxygens (including phenoxy) is 1. The van der Waals surface area contributed by atoms with Gasteiger partial charge < -0.3 is 10.5 Å². The second-order valence-electron chi connectivity index (χ2n) is 4.32. The van der Waals surface area contributed by atoms with Crippen molar-refractivity contribution in [1.82, 2.24) is 9.88 Å². The molecule has 1 unspecified atom stereocenters. The van der Waals surface area contributed by atoms with Crippen LogP contribution in [0.5, 0.6) is 0 Å². The Balaban J connectivity index is 2.49. The van der Waals surface area contributed by atoms with Gasteiger partial charge in [0.25, 0.3) is 0 Å². The van der Waals surface area contributed by atoms with E-state index in [2.05, 4.69) is 23.0 Å². The van der Waals surface area contributed by atoms with Crippen molar-refractivity contribution in [3.63, 3.8) is 0 Å². The predicted octanol–water partition coefficient (Wildman–Crippen LogP) is 1.27. The summed E-state index contributed by atoms with van der Waals surface area (Å²) in [6, 6.07) is 4.48. The van der Waals surface area contributed by atoms with Gasteiger partial charge >= 0.3 is 0 Å². The van der Waals surface area contributed by atoms with Crippen LogP contribution in [0.2, 0.25) is 0 Å². The van der Waals surface area contributed by atoms with Crippen molar-refractivity contribution in [2.24, 2.45) is 5.73 Å². The van der Waals surface area contributed by atoms with E-state index in [1.54, 1.807) is 13.3 Å². The van der Waals surface area contributed by atoms with Crippen LogP contribution in [0.15, 0.2) is 24.5 Å². The standard InChI is InChI=1S/C13H23N3O/c1-16(10-12-5-4-8-15-9-12)13(11-17-2)6-3-7-14/h4-5,8-9,13H,3,6-7,10-11,14H2,1-2H3. The molecule has 1 atom stereocenters. The minimum Gasteiger partial charge on any atom is -0.383 e. The van der Waals surface area contributed by atoms with E-state index in [4.69, 9.17) is 10.5 Å². The monoisotopic (exact) mass is 237 g/mol. The number of likely N-dealkylation sites (N-methyl/N-ethyl adjacent to an activating group) is 1. The third-order valence-corrected chi connectivity index (χ3v) is 2.88. The fourth-order valence-corrected chi connectivity index (χ4v) is 1.89. The highest BCUT2D eigenvalue weighted by Crippen LogP contribution is 2.09. The van der Waals surface area contributed by atoms with E-state index >= 15 is 0 Å². The van der Waals surface area contributed by atoms with Crippen molar-refractivity contribution in [3.05, 3.63) is 30.1 Å². The van der Waals surface area contributed by atoms with Gasteiger partial charge in [-0.15, -0.1) is 0 Å². The predicted molar refractivity (Wildman–Crippen MR) is 69.7 cm³/mol. The largest absolute Gasteiger partial charge is 0.383 e. The van der Waals surface area contributed by atoms with Gasteiger partial charge in [0.15, 0.2) is 0 Å². The van der Waals surface area contributed by atoms with E-state index in [0.717, 1.165) is 32.5 Å². The lowest BCUT2D eigenvalue weighted by molar-refractivity contribution is 0.0961. The summed E-state index contributed by atoms with van der Waals surface area (Å²) in [5.74, 6) is 0. The van der Waals surface area contributed by atoms with Gasteiger partial charge in [0.2, 0.25) is 0 Å². The molecule has 1 rings (SSSR count). The second-order valence-corrected chi connectivity index (χ2v) is 4.32. The SMILES string of the molecule is COCC(CCCN)N(C)Cc1cccnc1. The van der Waals surface area contributed by atoms with Crippen molar-refractivity contribution in [2.75, 3.05) is 27.3 Å². The molecule has 0 fully saturated rings. The Morgan fingerprint density at radius 1 is 1.53 bits per heavy atom. The van der Waals surface area contributed by atoms with E-state index in [1.807, 2.05) is 12.3 Å². The summed E-state index contributed by atoms with van der Waals surface area (Å²) < 4.78 is 5.26. The van der Waals surface area contributed by atoms with Crippen molar-refractivity contribution in [3.8, 4) is 0 Å². The van der Waals surface area contributed by atoms with Gasteiger partial charge in [-0.05, 0) is 38.1 Å². The Kier molecular flexibility index (Phi) is 6.77. The summed E-state index contributed by atoms with van der Waals surface area (Å²) >= 11 is 0. The molecule has 1 aromatic heterocycles. The molecule has 0 aromatic carbocycles. The van der Waals surface area contributed by atoms with Gasteiger partial charge in [-0.1, -0.05) is 6.07 Å². The van der Waals surface area contributed by atoms with Crippen LogP contribution in [0.3, 0.4) is 0 Å². The molecule has 2 N–H and O–H groups in total. The highest BCUT2D eigenvalue weighted by molar-refractivity contribution is 5.08. The van der Waals surface area contributed by atoms with Crippen LogP contribution in [0.4, 0.5) is 0 Å². The zero-order chi connectivity index (χ0) is 12.5. The molecule has 0 saturated carbocycles. The number of nitrogens with two attached hydrogens (primary N) is 1. The third-order valence-electron chi connectivity index (χ3n) is 2.88. The van der Waals surface area contributed by atoms with Gasteiger partial charge in [-0.3, -0.25) is 9.88 Å². The first kappa shape index (κ1) is 14.1. The van der Waals surface area contributed by atoms with Gasteiger partial charge in [-0.25, -0.2) is 0 Å². The number of hydrogen-bond acceptors (Lipinski definition) is 4. The van der Waals surface area contributed by atoms with E-state index in [0.29, 0.717) is 6.04 Å². The summed E-state index contributed by atoms with van der Waals surface area (Å²) in [5, 5.41) is 0. The van der Waals surface area contributed by atoms with E-state index in [-0.39, 0.29) is 0 Å². The summed E-state index contributed by atoms with van der Waals surface area (Å²) in [4.78, 5) is 6.43. The Hall–Kier alpha value is -0.970. The molecule has 0 bridgehead atoms. The summed E-state index contributed by atoms with van der Waals surface area (Å²) in [6.45, 7) is 2.38. The highest BCUT2D eigenvalue weighted by Gasteiger charge is 2.14. The quantitative estimate of drug-likeness (QED) is 0.739. The molecule has 0 aliphatic heterocycles. The molecule has 96 valence electrons. The normalized spacial score (nSPS) is 12.9. The summed E-state index contributed by atoms with van der Waals surface area (Å²) in [6.07, 6.45) is 5.81. The van der Waals surface area contributed by atoms with Crippen LogP contribution >= 0.6 is 0 Å². The Morgan fingerprint density at radius 3 is 2.94 bits per heavy atom. The number of rotatable bonds is 8. The molecule has 4 nitrogen and oxygen atoms in total. The van der Waals surface area contributed by atoms with Crippen molar-refractivity contribution >= 4 is 0 Å². The number of nitrogens with zero attached hydrogens (tertiary/aromatic N) is 2. The maximum absolute atomic E-state index is 5.56. The first-order valence-electron chi connectivity index (χ1n) is 6.06. The topological polar surface area (TPSA) is 51.4 Å². The van der Waals surface area contributed by atoms with E-state index < -0.39 is 0 Å². The van der Waals surface area contributed by atoms with E-state index in [9.17, 15) is 0 Å². The van der Waals surface area contributed by atoms with Gasteiger partial charge in [0.05, 0.1) is 6.61 Å². The van der Waals surface area contributed by atoms with Crippen LogP contribution in [0.1, 0.15) is 18.4 Å². The zero-order valence-corrected chi connectivity index (χ0v) is 10.8. The average molecular weight is 237 g/mol. The Morgan fingerprint density at radius 2 is 2.35 bits per heavy atom. The zero-order valence-electron chi connectivity index (χ0n) is 10.8. The molecular weight excluding hydrogens is 214 g/mol. The van der Waals surface area contributed by atoms with E-state index in [1.165, 1.54) is 5.56 Å². The van der Waals surface area contributed by atoms with Crippen molar-refractivity contribution in [1.29, 1.82) is 0 Å². The second kappa shape index (κ2) is 8.17. The highest BCUT2D eigenvalue weighted by atomic mass is 16.5. The molecule has 0 amide bonds. The average Bonchev–Trinajstić information content (AvgIpc) is 2.35. The van der Waals surface area contributed by atoms with Crippen LogP contribution in [-0.2, 0) is 11.3 Å². The van der Waals surface area contributed by atoms with Gasteiger partial charge in [0.1, 0.15) is 0 Å². The smallest absolute Gasteiger partial charge is 0.0618 e. The molecule has 1 heterocycles. The van der Waals surface area contributed by atoms with Gasteiger partial charge in [-0.2, -0.15) is 0 Å². The lowest BCUT2D eigenvalue weighted by Gasteiger charge is -2.27. The van der Waals surface area contributed by atoms with Crippen LogP contribution in [0.25, 0.3) is 0 Å². The van der Waals surface area contributed by atoms with Crippen molar-refractivity contribution in [2.45, 2.75) is 25.4 Å². The molecule has 0 spiro atoms. The molecule has 0 aliphatic carbocycles. The van der Waals surface area contributed by atoms with Crippen LogP contribution < -0.4 is 5.73 Å². The third kappa shape index (κ3) is 5.26. The lowest BCUT2D eigenvalue weighted by Crippen LogP contribution is -2.35. The summed E-state index contributed by atoms with van der Waals surface area (Å²) in [5.41, 5.74) is 6.78. The number of aromatic nitrogens is 1.